The Morgan fingerprint density at radius 3 is 2.28 bits per heavy atom. The summed E-state index contributed by atoms with van der Waals surface area (Å²) in [6, 6.07) is 8.80. The van der Waals surface area contributed by atoms with E-state index in [2.05, 4.69) is 66.9 Å². The van der Waals surface area contributed by atoms with E-state index >= 15 is 0 Å². The normalized spacial score (nSPS) is 26.7. The molecule has 0 N–H and O–H groups in total. The average Bonchev–Trinajstić information content (AvgIpc) is 2.56. The van der Waals surface area contributed by atoms with Gasteiger partial charge in [0, 0.05) is 46.0 Å². The number of benzene rings is 1. The maximum absolute atomic E-state index is 5.87. The van der Waals surface area contributed by atoms with Crippen LogP contribution in [-0.2, 0) is 11.3 Å². The van der Waals surface area contributed by atoms with Crippen LogP contribution in [0.1, 0.15) is 32.3 Å². The second-order valence-corrected chi connectivity index (χ2v) is 8.22. The Balaban J connectivity index is 1.48. The Labute approximate surface area is 153 Å². The Morgan fingerprint density at radius 2 is 1.64 bits per heavy atom. The third-order valence-electron chi connectivity index (χ3n) is 5.59. The zero-order valence-electron chi connectivity index (χ0n) is 16.4. The molecule has 2 saturated heterocycles. The average molecular weight is 346 g/mol. The molecule has 0 saturated carbocycles. The summed E-state index contributed by atoms with van der Waals surface area (Å²) in [5.41, 5.74) is 2.79. The second kappa shape index (κ2) is 8.52. The first-order valence-corrected chi connectivity index (χ1v) is 9.86. The molecule has 25 heavy (non-hydrogen) atoms. The zero-order chi connectivity index (χ0) is 17.8. The largest absolute Gasteiger partial charge is 0.377 e. The third-order valence-corrected chi connectivity index (χ3v) is 5.59. The van der Waals surface area contributed by atoms with E-state index in [1.165, 1.54) is 43.7 Å². The van der Waals surface area contributed by atoms with Crippen molar-refractivity contribution >= 4 is 5.69 Å². The maximum atomic E-state index is 5.87. The van der Waals surface area contributed by atoms with Crippen molar-refractivity contribution in [3.63, 3.8) is 0 Å². The van der Waals surface area contributed by atoms with Gasteiger partial charge in [0.25, 0.3) is 0 Å². The van der Waals surface area contributed by atoms with Crippen molar-refractivity contribution in [2.24, 2.45) is 5.92 Å². The van der Waals surface area contributed by atoms with Gasteiger partial charge < -0.3 is 9.64 Å². The Kier molecular flexibility index (Phi) is 6.37. The molecule has 2 heterocycles. The SMILES string of the molecule is CC1CN(CC2CCN(Cc3ccccc3N(C)C)CC2)CC(C)O1. The molecule has 2 atom stereocenters. The minimum atomic E-state index is 0.381. The van der Waals surface area contributed by atoms with E-state index in [1.807, 2.05) is 0 Å². The monoisotopic (exact) mass is 345 g/mol. The van der Waals surface area contributed by atoms with E-state index in [0.29, 0.717) is 12.2 Å². The van der Waals surface area contributed by atoms with Crippen LogP contribution in [0.25, 0.3) is 0 Å². The standard InChI is InChI=1S/C21H35N3O/c1-17-13-24(14-18(2)25-17)15-19-9-11-23(12-10-19)16-20-7-5-6-8-21(20)22(3)4/h5-8,17-19H,9-16H2,1-4H3. The molecule has 0 bridgehead atoms. The topological polar surface area (TPSA) is 19.0 Å². The maximum Gasteiger partial charge on any atom is 0.0678 e. The van der Waals surface area contributed by atoms with Crippen LogP contribution >= 0.6 is 0 Å². The molecule has 140 valence electrons. The van der Waals surface area contributed by atoms with Crippen molar-refractivity contribution in [3.05, 3.63) is 29.8 Å². The highest BCUT2D eigenvalue weighted by atomic mass is 16.5. The summed E-state index contributed by atoms with van der Waals surface area (Å²) in [7, 11) is 4.27. The highest BCUT2D eigenvalue weighted by molar-refractivity contribution is 5.52. The van der Waals surface area contributed by atoms with Gasteiger partial charge in [-0.3, -0.25) is 9.80 Å². The van der Waals surface area contributed by atoms with Gasteiger partial charge in [-0.15, -0.1) is 0 Å². The number of hydrogen-bond donors (Lipinski definition) is 0. The molecule has 0 radical (unpaired) electrons. The predicted octanol–water partition coefficient (Wildman–Crippen LogP) is 3.07. The molecule has 0 aromatic heterocycles. The van der Waals surface area contributed by atoms with E-state index in [9.17, 15) is 0 Å². The van der Waals surface area contributed by atoms with Crippen molar-refractivity contribution in [1.29, 1.82) is 0 Å². The molecular weight excluding hydrogens is 310 g/mol. The van der Waals surface area contributed by atoms with Crippen LogP contribution in [0.5, 0.6) is 0 Å². The Morgan fingerprint density at radius 1 is 1.00 bits per heavy atom. The molecular formula is C21H35N3O. The molecule has 2 aliphatic heterocycles. The summed E-state index contributed by atoms with van der Waals surface area (Å²) in [6.45, 7) is 11.4. The van der Waals surface area contributed by atoms with Gasteiger partial charge in [-0.05, 0) is 57.3 Å². The van der Waals surface area contributed by atoms with Crippen LogP contribution in [0, 0.1) is 5.92 Å². The molecule has 0 spiro atoms. The molecule has 0 amide bonds. The van der Waals surface area contributed by atoms with E-state index in [0.717, 1.165) is 25.6 Å². The zero-order valence-corrected chi connectivity index (χ0v) is 16.4. The van der Waals surface area contributed by atoms with Gasteiger partial charge in [-0.1, -0.05) is 18.2 Å². The van der Waals surface area contributed by atoms with Crippen LogP contribution in [-0.4, -0.2) is 68.8 Å². The van der Waals surface area contributed by atoms with E-state index in [1.54, 1.807) is 0 Å². The number of ether oxygens (including phenoxy) is 1. The number of rotatable bonds is 5. The lowest BCUT2D eigenvalue weighted by molar-refractivity contribution is -0.0732. The highest BCUT2D eigenvalue weighted by Gasteiger charge is 2.26. The Bertz CT molecular complexity index is 530. The smallest absolute Gasteiger partial charge is 0.0678 e. The molecule has 4 heteroatoms. The first-order chi connectivity index (χ1) is 12.0. The van der Waals surface area contributed by atoms with Crippen LogP contribution in [0.15, 0.2) is 24.3 Å². The number of piperidine rings is 1. The van der Waals surface area contributed by atoms with E-state index in [4.69, 9.17) is 4.74 Å². The minimum Gasteiger partial charge on any atom is -0.377 e. The lowest BCUT2D eigenvalue weighted by Gasteiger charge is -2.39. The van der Waals surface area contributed by atoms with Crippen LogP contribution in [0.3, 0.4) is 0 Å². The number of nitrogens with zero attached hydrogens (tertiary/aromatic N) is 3. The van der Waals surface area contributed by atoms with Gasteiger partial charge in [0.15, 0.2) is 0 Å². The molecule has 4 nitrogen and oxygen atoms in total. The molecule has 1 aromatic carbocycles. The summed E-state index contributed by atoms with van der Waals surface area (Å²) < 4.78 is 5.87. The fourth-order valence-electron chi connectivity index (χ4n) is 4.45. The fraction of sp³-hybridized carbons (Fsp3) is 0.714. The number of hydrogen-bond acceptors (Lipinski definition) is 4. The molecule has 3 rings (SSSR count). The van der Waals surface area contributed by atoms with Crippen molar-refractivity contribution in [3.8, 4) is 0 Å². The predicted molar refractivity (Wildman–Crippen MR) is 105 cm³/mol. The summed E-state index contributed by atoms with van der Waals surface area (Å²) in [5, 5.41) is 0. The summed E-state index contributed by atoms with van der Waals surface area (Å²) in [5.74, 6) is 0.845. The van der Waals surface area contributed by atoms with Gasteiger partial charge >= 0.3 is 0 Å². The fourth-order valence-corrected chi connectivity index (χ4v) is 4.45. The first kappa shape index (κ1) is 18.7. The lowest BCUT2D eigenvalue weighted by atomic mass is 9.95. The van der Waals surface area contributed by atoms with Gasteiger partial charge in [-0.2, -0.15) is 0 Å². The highest BCUT2D eigenvalue weighted by Crippen LogP contribution is 2.25. The number of morpholine rings is 1. The summed E-state index contributed by atoms with van der Waals surface area (Å²) in [6.07, 6.45) is 3.41. The van der Waals surface area contributed by atoms with Gasteiger partial charge in [0.05, 0.1) is 12.2 Å². The van der Waals surface area contributed by atoms with Crippen molar-refractivity contribution in [1.82, 2.24) is 9.80 Å². The first-order valence-electron chi connectivity index (χ1n) is 9.86. The summed E-state index contributed by atoms with van der Waals surface area (Å²) >= 11 is 0. The third kappa shape index (κ3) is 5.19. The summed E-state index contributed by atoms with van der Waals surface area (Å²) in [4.78, 5) is 7.48. The Hall–Kier alpha value is -1.10. The quantitative estimate of drug-likeness (QED) is 0.816. The molecule has 2 aliphatic rings. The molecule has 2 fully saturated rings. The molecule has 2 unspecified atom stereocenters. The van der Waals surface area contributed by atoms with Crippen LogP contribution in [0.4, 0.5) is 5.69 Å². The van der Waals surface area contributed by atoms with Crippen LogP contribution < -0.4 is 4.90 Å². The van der Waals surface area contributed by atoms with Gasteiger partial charge in [0.2, 0.25) is 0 Å². The van der Waals surface area contributed by atoms with Crippen LogP contribution in [0.2, 0.25) is 0 Å². The lowest BCUT2D eigenvalue weighted by Crippen LogP contribution is -2.48. The van der Waals surface area contributed by atoms with Gasteiger partial charge in [0.1, 0.15) is 0 Å². The number of anilines is 1. The number of para-hydroxylation sites is 1. The van der Waals surface area contributed by atoms with Gasteiger partial charge in [-0.25, -0.2) is 0 Å². The van der Waals surface area contributed by atoms with E-state index in [-0.39, 0.29) is 0 Å². The minimum absolute atomic E-state index is 0.381. The molecule has 0 aliphatic carbocycles. The second-order valence-electron chi connectivity index (χ2n) is 8.22. The molecule has 1 aromatic rings. The van der Waals surface area contributed by atoms with Crippen molar-refractivity contribution in [2.75, 3.05) is 51.7 Å². The van der Waals surface area contributed by atoms with E-state index < -0.39 is 0 Å². The van der Waals surface area contributed by atoms with Crippen molar-refractivity contribution < 1.29 is 4.74 Å². The van der Waals surface area contributed by atoms with Crippen molar-refractivity contribution in [2.45, 2.75) is 45.4 Å². The number of likely N-dealkylation sites (tertiary alicyclic amines) is 1.